The number of rotatable bonds is 78. The summed E-state index contributed by atoms with van der Waals surface area (Å²) >= 11 is 0. The molecule has 19 heteroatoms. The van der Waals surface area contributed by atoms with Gasteiger partial charge in [-0.3, -0.25) is 37.3 Å². The van der Waals surface area contributed by atoms with E-state index in [1.165, 1.54) is 231 Å². The Bertz CT molecular complexity index is 1890. The second-order valence-electron chi connectivity index (χ2n) is 29.2. The first kappa shape index (κ1) is 96.1. The van der Waals surface area contributed by atoms with E-state index in [9.17, 15) is 43.2 Å². The topological polar surface area (TPSA) is 237 Å². The van der Waals surface area contributed by atoms with Crippen LogP contribution in [0.2, 0.25) is 0 Å². The molecule has 98 heavy (non-hydrogen) atoms. The SMILES string of the molecule is CCCCCCCCCCCCCCCCCCC(=O)OC[C@H](COP(=O)(O)OC[C@@H](O)COP(=O)(O)OC[C@@H](COC(=O)CCCCCCCCCCCC)OC(=O)CCCCCCCCCC(C)C)OC(=O)CCCCCCCCCCCCCCCCCCCCC(C)CC. The summed E-state index contributed by atoms with van der Waals surface area (Å²) in [5.74, 6) is -0.547. The van der Waals surface area contributed by atoms with E-state index < -0.39 is 97.5 Å². The van der Waals surface area contributed by atoms with E-state index in [1.807, 2.05) is 0 Å². The Kier molecular flexibility index (Phi) is 69.3. The van der Waals surface area contributed by atoms with Gasteiger partial charge >= 0.3 is 39.5 Å². The molecule has 0 rings (SSSR count). The van der Waals surface area contributed by atoms with E-state index in [1.54, 1.807) is 0 Å². The van der Waals surface area contributed by atoms with Gasteiger partial charge in [-0.25, -0.2) is 9.13 Å². The average molecular weight is 1440 g/mol. The van der Waals surface area contributed by atoms with Gasteiger partial charge in [-0.1, -0.05) is 363 Å². The van der Waals surface area contributed by atoms with Gasteiger partial charge in [-0.2, -0.15) is 0 Å². The number of carbonyl (C=O) groups excluding carboxylic acids is 4. The normalized spacial score (nSPS) is 14.2. The van der Waals surface area contributed by atoms with Crippen LogP contribution in [0.1, 0.15) is 414 Å². The summed E-state index contributed by atoms with van der Waals surface area (Å²) in [6.45, 7) is 9.61. The van der Waals surface area contributed by atoms with Crippen molar-refractivity contribution in [3.8, 4) is 0 Å². The minimum absolute atomic E-state index is 0.104. The molecule has 3 unspecified atom stereocenters. The highest BCUT2D eigenvalue weighted by Gasteiger charge is 2.30. The number of ether oxygens (including phenoxy) is 4. The zero-order valence-corrected chi connectivity index (χ0v) is 65.9. The van der Waals surface area contributed by atoms with Crippen LogP contribution in [0.3, 0.4) is 0 Å². The summed E-state index contributed by atoms with van der Waals surface area (Å²) in [4.78, 5) is 72.8. The number of hydrogen-bond acceptors (Lipinski definition) is 15. The van der Waals surface area contributed by atoms with E-state index >= 15 is 0 Å². The maximum Gasteiger partial charge on any atom is 0.472 e. The molecule has 582 valence electrons. The minimum atomic E-state index is -4.96. The molecule has 0 saturated carbocycles. The molecule has 0 fully saturated rings. The quantitative estimate of drug-likeness (QED) is 0.0222. The molecule has 6 atom stereocenters. The standard InChI is InChI=1S/C79H154O17P2/c1-7-10-12-14-16-18-20-21-22-28-31-34-38-44-50-56-62-77(82)90-67-74(95-78(83)63-57-51-45-39-35-32-29-26-24-23-25-27-30-33-36-42-48-54-60-72(6)9-3)69-93-97(85,86)91-65-73(80)66-92-98(87,88)94-70-75(96-79(84)64-58-52-46-40-41-47-53-59-71(4)5)68-89-76(81)61-55-49-43-37-19-17-15-13-11-8-2/h71-75,80H,7-70H2,1-6H3,(H,85,86)(H,87,88)/t72?,73-,74-,75-/m1/s1. The molecule has 0 heterocycles. The number of hydrogen-bond donors (Lipinski definition) is 3. The number of unbranched alkanes of at least 4 members (excludes halogenated alkanes) is 47. The molecule has 0 amide bonds. The number of carbonyl (C=O) groups is 4. The Morgan fingerprint density at radius 3 is 0.776 bits per heavy atom. The molecule has 3 N–H and O–H groups in total. The highest BCUT2D eigenvalue weighted by Crippen LogP contribution is 2.45. The highest BCUT2D eigenvalue weighted by molar-refractivity contribution is 7.47. The molecule has 0 bridgehead atoms. The van der Waals surface area contributed by atoms with Gasteiger partial charge in [0.05, 0.1) is 26.4 Å². The molecule has 0 aromatic carbocycles. The third-order valence-electron chi connectivity index (χ3n) is 18.8. The Hall–Kier alpha value is -1.94. The van der Waals surface area contributed by atoms with Crippen LogP contribution in [0.5, 0.6) is 0 Å². The smallest absolute Gasteiger partial charge is 0.462 e. The van der Waals surface area contributed by atoms with Gasteiger partial charge in [0.15, 0.2) is 12.2 Å². The predicted octanol–water partition coefficient (Wildman–Crippen LogP) is 23.5. The van der Waals surface area contributed by atoms with Crippen molar-refractivity contribution >= 4 is 39.5 Å². The lowest BCUT2D eigenvalue weighted by Gasteiger charge is -2.21. The van der Waals surface area contributed by atoms with Crippen LogP contribution >= 0.6 is 15.6 Å². The lowest BCUT2D eigenvalue weighted by molar-refractivity contribution is -0.161. The molecule has 0 aliphatic carbocycles. The van der Waals surface area contributed by atoms with Crippen LogP contribution in [0, 0.1) is 11.8 Å². The van der Waals surface area contributed by atoms with Gasteiger partial charge in [-0.05, 0) is 37.5 Å². The third-order valence-corrected chi connectivity index (χ3v) is 20.7. The van der Waals surface area contributed by atoms with Crippen molar-refractivity contribution in [2.75, 3.05) is 39.6 Å². The molecule has 0 spiro atoms. The lowest BCUT2D eigenvalue weighted by Crippen LogP contribution is -2.30. The van der Waals surface area contributed by atoms with Crippen LogP contribution in [0.4, 0.5) is 0 Å². The predicted molar refractivity (Wildman–Crippen MR) is 400 cm³/mol. The van der Waals surface area contributed by atoms with Gasteiger partial charge in [0, 0.05) is 25.7 Å². The van der Waals surface area contributed by atoms with Crippen molar-refractivity contribution < 1.29 is 80.2 Å². The Morgan fingerprint density at radius 2 is 0.520 bits per heavy atom. The summed E-state index contributed by atoms with van der Waals surface area (Å²) < 4.78 is 68.6. The first-order valence-corrected chi connectivity index (χ1v) is 44.0. The van der Waals surface area contributed by atoms with Gasteiger partial charge in [0.25, 0.3) is 0 Å². The fourth-order valence-corrected chi connectivity index (χ4v) is 13.7. The molecule has 0 aromatic heterocycles. The fourth-order valence-electron chi connectivity index (χ4n) is 12.2. The summed E-state index contributed by atoms with van der Waals surface area (Å²) in [7, 11) is -9.91. The molecule has 17 nitrogen and oxygen atoms in total. The summed E-state index contributed by atoms with van der Waals surface area (Å²) in [6.07, 6.45) is 59.8. The van der Waals surface area contributed by atoms with E-state index in [4.69, 9.17) is 37.0 Å². The molecular weight excluding hydrogens is 1280 g/mol. The van der Waals surface area contributed by atoms with Crippen LogP contribution in [0.25, 0.3) is 0 Å². The van der Waals surface area contributed by atoms with Crippen molar-refractivity contribution in [3.63, 3.8) is 0 Å². The number of esters is 4. The molecule has 0 radical (unpaired) electrons. The molecule has 0 saturated heterocycles. The van der Waals surface area contributed by atoms with Gasteiger partial charge in [0.2, 0.25) is 0 Å². The Balaban J connectivity index is 5.18. The molecule has 0 aliphatic heterocycles. The third kappa shape index (κ3) is 71.1. The van der Waals surface area contributed by atoms with E-state index in [-0.39, 0.29) is 25.7 Å². The maximum atomic E-state index is 13.1. The number of aliphatic hydroxyl groups excluding tert-OH is 1. The second kappa shape index (κ2) is 70.7. The van der Waals surface area contributed by atoms with Crippen molar-refractivity contribution in [1.29, 1.82) is 0 Å². The number of phosphoric ester groups is 2. The van der Waals surface area contributed by atoms with Crippen molar-refractivity contribution in [1.82, 2.24) is 0 Å². The first-order chi connectivity index (χ1) is 47.4. The molecule has 0 aromatic rings. The number of aliphatic hydroxyl groups is 1. The molecule has 0 aliphatic rings. The van der Waals surface area contributed by atoms with E-state index in [2.05, 4.69) is 41.5 Å². The zero-order chi connectivity index (χ0) is 72.1. The lowest BCUT2D eigenvalue weighted by atomic mass is 9.99. The average Bonchev–Trinajstić information content (AvgIpc) is 0.931. The molecular formula is C79H154O17P2. The first-order valence-electron chi connectivity index (χ1n) is 41.0. The van der Waals surface area contributed by atoms with Crippen LogP contribution in [-0.2, 0) is 65.4 Å². The van der Waals surface area contributed by atoms with Crippen LogP contribution in [-0.4, -0.2) is 96.7 Å². The Morgan fingerprint density at radius 1 is 0.296 bits per heavy atom. The largest absolute Gasteiger partial charge is 0.472 e. The zero-order valence-electron chi connectivity index (χ0n) is 64.1. The second-order valence-corrected chi connectivity index (χ2v) is 32.1. The van der Waals surface area contributed by atoms with Gasteiger partial charge in [-0.15, -0.1) is 0 Å². The number of phosphoric acid groups is 2. The minimum Gasteiger partial charge on any atom is -0.462 e. The maximum absolute atomic E-state index is 13.1. The van der Waals surface area contributed by atoms with Crippen molar-refractivity contribution in [3.05, 3.63) is 0 Å². The summed E-state index contributed by atoms with van der Waals surface area (Å²) in [5, 5.41) is 10.6. The van der Waals surface area contributed by atoms with Gasteiger partial charge in [0.1, 0.15) is 19.3 Å². The van der Waals surface area contributed by atoms with Crippen molar-refractivity contribution in [2.45, 2.75) is 432 Å². The summed E-state index contributed by atoms with van der Waals surface area (Å²) in [6, 6.07) is 0. The van der Waals surface area contributed by atoms with E-state index in [0.29, 0.717) is 31.6 Å². The van der Waals surface area contributed by atoms with Crippen molar-refractivity contribution in [2.24, 2.45) is 11.8 Å². The Labute approximate surface area is 600 Å². The monoisotopic (exact) mass is 1440 g/mol. The van der Waals surface area contributed by atoms with Gasteiger partial charge < -0.3 is 33.8 Å². The van der Waals surface area contributed by atoms with Crippen LogP contribution in [0.15, 0.2) is 0 Å². The summed E-state index contributed by atoms with van der Waals surface area (Å²) in [5.41, 5.74) is 0. The highest BCUT2D eigenvalue weighted by atomic mass is 31.2. The van der Waals surface area contributed by atoms with Crippen LogP contribution < -0.4 is 0 Å². The fraction of sp³-hybridized carbons (Fsp3) is 0.949. The van der Waals surface area contributed by atoms with E-state index in [0.717, 1.165) is 95.8 Å².